The molecule has 1 aliphatic rings. The molecule has 1 aliphatic heterocycles. The Kier molecular flexibility index (Phi) is 2.28. The van der Waals surface area contributed by atoms with Crippen molar-refractivity contribution in [1.29, 1.82) is 0 Å². The van der Waals surface area contributed by atoms with Crippen molar-refractivity contribution < 1.29 is 14.3 Å². The third-order valence-electron chi connectivity index (χ3n) is 2.13. The minimum Gasteiger partial charge on any atom is -0.362 e. The second kappa shape index (κ2) is 3.59. The summed E-state index contributed by atoms with van der Waals surface area (Å²) in [4.78, 5) is 21.6. The molecule has 1 atom stereocenters. The second-order valence-electron chi connectivity index (χ2n) is 2.98. The summed E-state index contributed by atoms with van der Waals surface area (Å²) >= 11 is 0. The van der Waals surface area contributed by atoms with Crippen LogP contribution < -0.4 is 5.32 Å². The minimum atomic E-state index is -0.745. The zero-order valence-corrected chi connectivity index (χ0v) is 7.40. The Hall–Kier alpha value is -1.68. The Morgan fingerprint density at radius 2 is 2.29 bits per heavy atom. The van der Waals surface area contributed by atoms with E-state index in [2.05, 4.69) is 5.32 Å². The normalized spacial score (nSPS) is 19.3. The van der Waals surface area contributed by atoms with Gasteiger partial charge in [-0.3, -0.25) is 9.59 Å². The molecule has 4 heteroatoms. The quantitative estimate of drug-likeness (QED) is 0.557. The highest BCUT2D eigenvalue weighted by atomic mass is 16.5. The highest BCUT2D eigenvalue weighted by Crippen LogP contribution is 2.29. The second-order valence-corrected chi connectivity index (χ2v) is 2.98. The van der Waals surface area contributed by atoms with Gasteiger partial charge in [0.25, 0.3) is 0 Å². The van der Waals surface area contributed by atoms with Crippen molar-refractivity contribution in [2.75, 3.05) is 12.0 Å². The lowest BCUT2D eigenvalue weighted by Crippen LogP contribution is -2.25. The molecule has 14 heavy (non-hydrogen) atoms. The van der Waals surface area contributed by atoms with Crippen molar-refractivity contribution in [2.24, 2.45) is 0 Å². The van der Waals surface area contributed by atoms with E-state index >= 15 is 0 Å². The molecular weight excluding hydrogens is 182 g/mol. The molecule has 2 rings (SSSR count). The largest absolute Gasteiger partial charge is 0.362 e. The first-order valence-corrected chi connectivity index (χ1v) is 4.26. The van der Waals surface area contributed by atoms with Gasteiger partial charge in [-0.25, -0.2) is 0 Å². The van der Waals surface area contributed by atoms with Crippen LogP contribution in [0.3, 0.4) is 0 Å². The molecule has 0 aliphatic carbocycles. The molecule has 0 fully saturated rings. The van der Waals surface area contributed by atoms with Gasteiger partial charge in [0.1, 0.15) is 6.73 Å². The molecule has 1 aromatic carbocycles. The number of Topliss-reactive ketones (excluding diaryl/α,β-unsaturated/α-hetero) is 1. The molecule has 0 saturated carbocycles. The van der Waals surface area contributed by atoms with E-state index in [-0.39, 0.29) is 6.73 Å². The Balaban J connectivity index is 2.40. The topological polar surface area (TPSA) is 55.4 Å². The lowest BCUT2D eigenvalue weighted by Gasteiger charge is -2.24. The zero-order chi connectivity index (χ0) is 9.97. The molecule has 0 saturated heterocycles. The molecule has 72 valence electrons. The lowest BCUT2D eigenvalue weighted by atomic mass is 10.0. The lowest BCUT2D eigenvalue weighted by molar-refractivity contribution is -0.138. The van der Waals surface area contributed by atoms with Crippen LogP contribution in [0.2, 0.25) is 0 Å². The van der Waals surface area contributed by atoms with Gasteiger partial charge in [-0.05, 0) is 6.07 Å². The third-order valence-corrected chi connectivity index (χ3v) is 2.13. The summed E-state index contributed by atoms with van der Waals surface area (Å²) in [5.74, 6) is -0.543. The molecule has 1 unspecified atom stereocenters. The fourth-order valence-electron chi connectivity index (χ4n) is 1.48. The summed E-state index contributed by atoms with van der Waals surface area (Å²) in [6, 6.07) is 7.29. The number of fused-ring (bicyclic) bond motifs is 1. The average Bonchev–Trinajstić information content (AvgIpc) is 2.27. The van der Waals surface area contributed by atoms with E-state index in [0.717, 1.165) is 11.3 Å². The van der Waals surface area contributed by atoms with Crippen LogP contribution in [-0.4, -0.2) is 18.8 Å². The van der Waals surface area contributed by atoms with Gasteiger partial charge in [0.2, 0.25) is 5.78 Å². The summed E-state index contributed by atoms with van der Waals surface area (Å²) in [6.07, 6.45) is -0.447. The maximum absolute atomic E-state index is 11.2. The molecule has 4 nitrogen and oxygen atoms in total. The van der Waals surface area contributed by atoms with E-state index in [1.807, 2.05) is 12.1 Å². The highest BCUT2D eigenvalue weighted by Gasteiger charge is 2.26. The number of nitrogens with one attached hydrogen (secondary N) is 1. The number of rotatable bonds is 2. The van der Waals surface area contributed by atoms with Crippen molar-refractivity contribution >= 4 is 17.8 Å². The number of ketones is 1. The Morgan fingerprint density at radius 1 is 1.50 bits per heavy atom. The van der Waals surface area contributed by atoms with Crippen LogP contribution in [0.5, 0.6) is 0 Å². The van der Waals surface area contributed by atoms with Gasteiger partial charge >= 0.3 is 0 Å². The van der Waals surface area contributed by atoms with Crippen LogP contribution in [0, 0.1) is 0 Å². The number of benzene rings is 1. The summed E-state index contributed by atoms with van der Waals surface area (Å²) in [7, 11) is 0. The monoisotopic (exact) mass is 191 g/mol. The molecule has 0 amide bonds. The van der Waals surface area contributed by atoms with Crippen LogP contribution in [-0.2, 0) is 14.3 Å². The van der Waals surface area contributed by atoms with Gasteiger partial charge in [-0.15, -0.1) is 0 Å². The Morgan fingerprint density at radius 3 is 3.07 bits per heavy atom. The summed E-state index contributed by atoms with van der Waals surface area (Å²) in [5, 5.41) is 2.98. The maximum atomic E-state index is 11.2. The summed E-state index contributed by atoms with van der Waals surface area (Å²) < 4.78 is 5.17. The Labute approximate surface area is 80.9 Å². The Bertz CT molecular complexity index is 375. The first-order chi connectivity index (χ1) is 6.83. The third kappa shape index (κ3) is 1.40. The van der Waals surface area contributed by atoms with Crippen LogP contribution in [0.1, 0.15) is 11.7 Å². The smallest absolute Gasteiger partial charge is 0.228 e. The van der Waals surface area contributed by atoms with Crippen LogP contribution in [0.25, 0.3) is 0 Å². The van der Waals surface area contributed by atoms with Crippen molar-refractivity contribution in [3.05, 3.63) is 29.8 Å². The number of aldehydes is 1. The predicted molar refractivity (Wildman–Crippen MR) is 49.8 cm³/mol. The fraction of sp³-hybridized carbons (Fsp3) is 0.200. The number of hydrogen-bond donors (Lipinski definition) is 1. The van der Waals surface area contributed by atoms with Crippen LogP contribution >= 0.6 is 0 Å². The molecule has 1 aromatic rings. The average molecular weight is 191 g/mol. The fourth-order valence-corrected chi connectivity index (χ4v) is 1.48. The van der Waals surface area contributed by atoms with Gasteiger partial charge in [-0.1, -0.05) is 18.2 Å². The zero-order valence-electron chi connectivity index (χ0n) is 7.40. The minimum absolute atomic E-state index is 0.251. The first kappa shape index (κ1) is 8.90. The van der Waals surface area contributed by atoms with E-state index in [9.17, 15) is 9.59 Å². The van der Waals surface area contributed by atoms with E-state index < -0.39 is 11.9 Å². The number of anilines is 1. The van der Waals surface area contributed by atoms with E-state index in [1.165, 1.54) is 0 Å². The van der Waals surface area contributed by atoms with E-state index in [1.54, 1.807) is 12.1 Å². The van der Waals surface area contributed by atoms with Crippen LogP contribution in [0.4, 0.5) is 5.69 Å². The first-order valence-electron chi connectivity index (χ1n) is 4.26. The van der Waals surface area contributed by atoms with E-state index in [0.29, 0.717) is 6.29 Å². The molecule has 1 N–H and O–H groups in total. The van der Waals surface area contributed by atoms with Gasteiger partial charge in [-0.2, -0.15) is 0 Å². The standard InChI is InChI=1S/C10H9NO3/c12-5-9(13)10-7-3-1-2-4-8(7)11-6-14-10/h1-5,10-11H,6H2. The number of hydrogen-bond acceptors (Lipinski definition) is 4. The van der Waals surface area contributed by atoms with Gasteiger partial charge in [0, 0.05) is 11.3 Å². The summed E-state index contributed by atoms with van der Waals surface area (Å²) in [6.45, 7) is 0.251. The van der Waals surface area contributed by atoms with Gasteiger partial charge in [0.15, 0.2) is 12.4 Å². The van der Waals surface area contributed by atoms with Crippen molar-refractivity contribution in [2.45, 2.75) is 6.10 Å². The van der Waals surface area contributed by atoms with Crippen LogP contribution in [0.15, 0.2) is 24.3 Å². The van der Waals surface area contributed by atoms with Gasteiger partial charge < -0.3 is 10.1 Å². The molecule has 1 heterocycles. The highest BCUT2D eigenvalue weighted by molar-refractivity contribution is 6.27. The maximum Gasteiger partial charge on any atom is 0.228 e. The number of carbonyl (C=O) groups excluding carboxylic acids is 2. The molecule has 0 spiro atoms. The summed E-state index contributed by atoms with van der Waals surface area (Å²) in [5.41, 5.74) is 1.56. The number of para-hydroxylation sites is 1. The number of ether oxygens (including phenoxy) is 1. The molecule has 0 aromatic heterocycles. The van der Waals surface area contributed by atoms with Crippen molar-refractivity contribution in [3.8, 4) is 0 Å². The molecular formula is C10H9NO3. The van der Waals surface area contributed by atoms with Crippen molar-refractivity contribution in [3.63, 3.8) is 0 Å². The van der Waals surface area contributed by atoms with E-state index in [4.69, 9.17) is 4.74 Å². The van der Waals surface area contributed by atoms with Crippen molar-refractivity contribution in [1.82, 2.24) is 0 Å². The number of carbonyl (C=O) groups is 2. The SMILES string of the molecule is O=CC(=O)C1OCNc2ccccc21. The predicted octanol–water partition coefficient (Wildman–Crippen LogP) is 0.895. The molecule has 0 bridgehead atoms. The molecule has 0 radical (unpaired) electrons. The van der Waals surface area contributed by atoms with Gasteiger partial charge in [0.05, 0.1) is 0 Å².